The van der Waals surface area contributed by atoms with Crippen LogP contribution in [0.15, 0.2) is 36.5 Å². The summed E-state index contributed by atoms with van der Waals surface area (Å²) in [4.78, 5) is 22.9. The highest BCUT2D eigenvalue weighted by Crippen LogP contribution is 2.59. The van der Waals surface area contributed by atoms with Crippen LogP contribution in [0, 0.1) is 5.92 Å². The molecular formula is C31H41N5O3. The van der Waals surface area contributed by atoms with E-state index in [1.165, 1.54) is 18.5 Å². The van der Waals surface area contributed by atoms with Crippen molar-refractivity contribution in [2.24, 2.45) is 5.92 Å². The second kappa shape index (κ2) is 9.54. The number of hydrogen-bond acceptors (Lipinski definition) is 7. The maximum atomic E-state index is 13.3. The van der Waals surface area contributed by atoms with Crippen LogP contribution in [0.5, 0.6) is 0 Å². The molecular weight excluding hydrogens is 490 g/mol. The lowest BCUT2D eigenvalue weighted by molar-refractivity contribution is -0.0702. The summed E-state index contributed by atoms with van der Waals surface area (Å²) in [6, 6.07) is 10.8. The fourth-order valence-corrected chi connectivity index (χ4v) is 7.78. The first-order chi connectivity index (χ1) is 18.9. The average molecular weight is 532 g/mol. The van der Waals surface area contributed by atoms with Gasteiger partial charge in [0.15, 0.2) is 0 Å². The molecule has 2 bridgehead atoms. The number of amides is 1. The Balaban J connectivity index is 1.01. The monoisotopic (exact) mass is 531 g/mol. The molecule has 6 fully saturated rings. The zero-order chi connectivity index (χ0) is 26.7. The molecule has 208 valence electrons. The van der Waals surface area contributed by atoms with E-state index in [2.05, 4.69) is 44.4 Å². The van der Waals surface area contributed by atoms with Crippen LogP contribution in [-0.4, -0.2) is 89.4 Å². The molecule has 1 aromatic carbocycles. The Morgan fingerprint density at radius 1 is 1.03 bits per heavy atom. The van der Waals surface area contributed by atoms with Gasteiger partial charge in [0.2, 0.25) is 0 Å². The van der Waals surface area contributed by atoms with Crippen molar-refractivity contribution in [1.82, 2.24) is 20.1 Å². The number of nitrogens with one attached hydrogen (secondary N) is 1. The normalized spacial score (nSPS) is 34.1. The number of benzene rings is 1. The van der Waals surface area contributed by atoms with E-state index >= 15 is 0 Å². The molecule has 1 aromatic heterocycles. The largest absolute Gasteiger partial charge is 0.390 e. The lowest BCUT2D eigenvalue weighted by Gasteiger charge is -2.51. The summed E-state index contributed by atoms with van der Waals surface area (Å²) in [7, 11) is 0. The highest BCUT2D eigenvalue weighted by molar-refractivity contribution is 5.99. The number of piperidine rings is 1. The first-order valence-corrected chi connectivity index (χ1v) is 14.8. The first kappa shape index (κ1) is 25.4. The number of anilines is 1. The van der Waals surface area contributed by atoms with E-state index in [0.717, 1.165) is 102 Å². The number of morpholine rings is 1. The minimum Gasteiger partial charge on any atom is -0.390 e. The second-order valence-electron chi connectivity index (χ2n) is 12.9. The predicted octanol–water partition coefficient (Wildman–Crippen LogP) is 2.80. The molecule has 8 rings (SSSR count). The fraction of sp³-hybridized carbons (Fsp3) is 0.613. The van der Waals surface area contributed by atoms with Crippen LogP contribution in [0.1, 0.15) is 60.9 Å². The summed E-state index contributed by atoms with van der Waals surface area (Å²) < 4.78 is 5.49. The molecule has 4 N–H and O–H groups in total. The molecule has 2 aliphatic heterocycles. The minimum atomic E-state index is -0.529. The van der Waals surface area contributed by atoms with Gasteiger partial charge in [-0.05, 0) is 68.1 Å². The number of carbonyl (C=O) groups excluding carboxylic acids is 1. The molecule has 3 heterocycles. The van der Waals surface area contributed by atoms with Crippen molar-refractivity contribution in [1.29, 1.82) is 0 Å². The van der Waals surface area contributed by atoms with Gasteiger partial charge < -0.3 is 25.8 Å². The number of pyridine rings is 1. The standard InChI is InChI=1S/C31H41N5O3/c32-27-26(28(37)34-29-5-8-30(38,9-6-29)10-7-29)17-23(19-33-27)22-1-3-24(4-2-22)31-18-25(31)20-36(21-31)12-11-35-13-15-39-16-14-35/h1-4,17,19,25,38H,5-16,18,20-21H2,(H2,32,33)(H,34,37)/t25-,29?,30?,31+/m0/s1. The highest BCUT2D eigenvalue weighted by Gasteiger charge is 2.60. The van der Waals surface area contributed by atoms with E-state index in [0.29, 0.717) is 11.0 Å². The van der Waals surface area contributed by atoms with Crippen LogP contribution in [0.3, 0.4) is 0 Å². The summed E-state index contributed by atoms with van der Waals surface area (Å²) in [6.45, 7) is 8.45. The summed E-state index contributed by atoms with van der Waals surface area (Å²) in [6.07, 6.45) is 7.75. The molecule has 6 aliphatic rings. The molecule has 0 radical (unpaired) electrons. The molecule has 39 heavy (non-hydrogen) atoms. The van der Waals surface area contributed by atoms with Crippen LogP contribution >= 0.6 is 0 Å². The van der Waals surface area contributed by atoms with Gasteiger partial charge in [0, 0.05) is 62.0 Å². The smallest absolute Gasteiger partial charge is 0.255 e. The maximum absolute atomic E-state index is 13.3. The van der Waals surface area contributed by atoms with Crippen molar-refractivity contribution >= 4 is 11.7 Å². The molecule has 2 atom stereocenters. The van der Waals surface area contributed by atoms with Gasteiger partial charge in [0.05, 0.1) is 24.4 Å². The van der Waals surface area contributed by atoms with Crippen LogP contribution in [0.25, 0.3) is 11.1 Å². The molecule has 0 spiro atoms. The number of likely N-dealkylation sites (tertiary alicyclic amines) is 1. The number of rotatable bonds is 7. The fourth-order valence-electron chi connectivity index (χ4n) is 7.78. The Bertz CT molecular complexity index is 1220. The number of nitrogens with zero attached hydrogens (tertiary/aromatic N) is 3. The average Bonchev–Trinajstić information content (AvgIpc) is 3.54. The van der Waals surface area contributed by atoms with Gasteiger partial charge in [-0.15, -0.1) is 0 Å². The third-order valence-electron chi connectivity index (χ3n) is 10.6. The SMILES string of the molecule is Nc1ncc(-c2ccc([C@]34C[C@H]3CN(CCN3CCOCC3)C4)cc2)cc1C(=O)NC12CCC(O)(CC1)CC2. The van der Waals surface area contributed by atoms with E-state index in [4.69, 9.17) is 10.5 Å². The van der Waals surface area contributed by atoms with Crippen molar-refractivity contribution in [2.45, 2.75) is 61.5 Å². The van der Waals surface area contributed by atoms with Gasteiger partial charge >= 0.3 is 0 Å². The van der Waals surface area contributed by atoms with Gasteiger partial charge in [0.1, 0.15) is 5.82 Å². The third kappa shape index (κ3) is 4.75. The Morgan fingerprint density at radius 2 is 1.72 bits per heavy atom. The van der Waals surface area contributed by atoms with E-state index < -0.39 is 5.60 Å². The molecule has 0 unspecified atom stereocenters. The number of ether oxygens (including phenoxy) is 1. The van der Waals surface area contributed by atoms with Gasteiger partial charge in [0.25, 0.3) is 5.91 Å². The van der Waals surface area contributed by atoms with Gasteiger partial charge in [-0.25, -0.2) is 4.98 Å². The van der Waals surface area contributed by atoms with Crippen LogP contribution in [0.2, 0.25) is 0 Å². The summed E-state index contributed by atoms with van der Waals surface area (Å²) in [5, 5.41) is 13.8. The van der Waals surface area contributed by atoms with E-state index in [1.54, 1.807) is 6.20 Å². The highest BCUT2D eigenvalue weighted by atomic mass is 16.5. The predicted molar refractivity (Wildman–Crippen MR) is 150 cm³/mol. The van der Waals surface area contributed by atoms with Gasteiger partial charge in [-0.1, -0.05) is 24.3 Å². The van der Waals surface area contributed by atoms with Crippen LogP contribution in [-0.2, 0) is 10.2 Å². The Hall–Kier alpha value is -2.52. The number of aliphatic hydroxyl groups is 1. The zero-order valence-corrected chi connectivity index (χ0v) is 22.8. The van der Waals surface area contributed by atoms with Crippen molar-refractivity contribution in [2.75, 3.05) is 58.2 Å². The summed E-state index contributed by atoms with van der Waals surface area (Å²) >= 11 is 0. The third-order valence-corrected chi connectivity index (χ3v) is 10.6. The molecule has 4 aliphatic carbocycles. The zero-order valence-electron chi connectivity index (χ0n) is 22.8. The van der Waals surface area contributed by atoms with Crippen molar-refractivity contribution in [3.63, 3.8) is 0 Å². The van der Waals surface area contributed by atoms with E-state index in [1.807, 2.05) is 6.07 Å². The minimum absolute atomic E-state index is 0.159. The van der Waals surface area contributed by atoms with Crippen molar-refractivity contribution < 1.29 is 14.6 Å². The topological polar surface area (TPSA) is 104 Å². The second-order valence-corrected chi connectivity index (χ2v) is 12.9. The lowest BCUT2D eigenvalue weighted by Crippen LogP contribution is -2.58. The molecule has 8 nitrogen and oxygen atoms in total. The quantitative estimate of drug-likeness (QED) is 0.505. The number of fused-ring (bicyclic) bond motifs is 4. The Morgan fingerprint density at radius 3 is 2.44 bits per heavy atom. The maximum Gasteiger partial charge on any atom is 0.255 e. The first-order valence-electron chi connectivity index (χ1n) is 14.8. The molecule has 1 amide bonds. The lowest BCUT2D eigenvalue weighted by atomic mass is 9.63. The number of carbonyl (C=O) groups is 1. The summed E-state index contributed by atoms with van der Waals surface area (Å²) in [5.74, 6) is 0.861. The number of aromatic nitrogens is 1. The van der Waals surface area contributed by atoms with Crippen LogP contribution in [0.4, 0.5) is 5.82 Å². The molecule has 8 heteroatoms. The Labute approximate surface area is 230 Å². The van der Waals surface area contributed by atoms with Crippen molar-refractivity contribution in [3.05, 3.63) is 47.7 Å². The molecule has 2 aromatic rings. The molecule has 2 saturated heterocycles. The van der Waals surface area contributed by atoms with Crippen LogP contribution < -0.4 is 11.1 Å². The Kier molecular flexibility index (Phi) is 6.23. The number of nitrogens with two attached hydrogens (primary N) is 1. The van der Waals surface area contributed by atoms with Gasteiger partial charge in [-0.3, -0.25) is 9.69 Å². The van der Waals surface area contributed by atoms with Gasteiger partial charge in [-0.2, -0.15) is 0 Å². The molecule has 4 saturated carbocycles. The number of hydrogen-bond donors (Lipinski definition) is 3. The van der Waals surface area contributed by atoms with E-state index in [9.17, 15) is 9.90 Å². The van der Waals surface area contributed by atoms with E-state index in [-0.39, 0.29) is 17.3 Å². The summed E-state index contributed by atoms with van der Waals surface area (Å²) in [5.41, 5.74) is 9.54. The van der Waals surface area contributed by atoms with Crippen molar-refractivity contribution in [3.8, 4) is 11.1 Å². The number of nitrogen functional groups attached to an aromatic ring is 1.